The van der Waals surface area contributed by atoms with Crippen molar-refractivity contribution in [3.63, 3.8) is 0 Å². The van der Waals surface area contributed by atoms with Gasteiger partial charge in [-0.15, -0.1) is 0 Å². The van der Waals surface area contributed by atoms with Gasteiger partial charge in [-0.05, 0) is 109 Å². The molecule has 0 spiro atoms. The molecule has 5 heteroatoms. The number of unbranched alkanes of at least 4 members (excludes halogenated alkanes) is 25. The Hall–Kier alpha value is -3.96. The van der Waals surface area contributed by atoms with Gasteiger partial charge in [0.05, 0.1) is 6.61 Å². The van der Waals surface area contributed by atoms with Crippen LogP contribution in [0.4, 0.5) is 0 Å². The molecule has 1 N–H and O–H groups in total. The molecular weight excluding hydrogens is 909 g/mol. The van der Waals surface area contributed by atoms with E-state index in [1.54, 1.807) is 0 Å². The summed E-state index contributed by atoms with van der Waals surface area (Å²) in [5, 5.41) is 9.68. The lowest BCUT2D eigenvalue weighted by atomic mass is 10.0. The summed E-state index contributed by atoms with van der Waals surface area (Å²) in [6, 6.07) is 0. The molecule has 1 atom stereocenters. The number of allylic oxidation sites excluding steroid dienone is 22. The molecule has 0 bridgehead atoms. The zero-order chi connectivity index (χ0) is 53.4. The van der Waals surface area contributed by atoms with E-state index in [-0.39, 0.29) is 25.2 Å². The quantitative estimate of drug-likeness (QED) is 0.0373. The summed E-state index contributed by atoms with van der Waals surface area (Å²) >= 11 is 0. The van der Waals surface area contributed by atoms with E-state index in [2.05, 4.69) is 148 Å². The number of hydrogen-bond acceptors (Lipinski definition) is 5. The summed E-state index contributed by atoms with van der Waals surface area (Å²) in [4.78, 5) is 24.6. The third-order valence-electron chi connectivity index (χ3n) is 12.9. The minimum Gasteiger partial charge on any atom is -0.462 e. The summed E-state index contributed by atoms with van der Waals surface area (Å²) in [7, 11) is 0. The summed E-state index contributed by atoms with van der Waals surface area (Å²) < 4.78 is 10.7. The Bertz CT molecular complexity index is 1530. The van der Waals surface area contributed by atoms with Gasteiger partial charge in [0.1, 0.15) is 6.61 Å². The van der Waals surface area contributed by atoms with Gasteiger partial charge in [-0.1, -0.05) is 282 Å². The molecule has 0 aromatic rings. The number of carbonyl (C=O) groups excluding carboxylic acids is 2. The standard InChI is InChI=1S/C69H114O5/c1-3-5-7-9-11-13-15-17-19-21-23-25-27-29-31-32-33-34-35-36-38-39-41-43-45-47-49-51-53-55-57-59-61-63-68(71)73-66-67(65-70)74-69(72)64-62-60-58-56-54-52-50-48-46-44-42-40-37-30-28-26-24-22-20-18-16-14-12-10-8-6-4-2/h5-8,11-14,17-20,23-26,29-31,37,42,44,67,70H,3-4,9-10,15-16,21-22,27-28,32-36,38-41,43,45-66H2,1-2H3/b7-5-,8-6-,13-11-,14-12-,19-17-,20-18-,25-23-,26-24-,31-29-,37-30-,44-42-. The predicted molar refractivity (Wildman–Crippen MR) is 324 cm³/mol. The molecule has 74 heavy (non-hydrogen) atoms. The number of rotatable bonds is 55. The smallest absolute Gasteiger partial charge is 0.306 e. The lowest BCUT2D eigenvalue weighted by Gasteiger charge is -2.15. The fourth-order valence-corrected chi connectivity index (χ4v) is 8.41. The van der Waals surface area contributed by atoms with Crippen LogP contribution in [-0.2, 0) is 19.1 Å². The maximum Gasteiger partial charge on any atom is 0.306 e. The van der Waals surface area contributed by atoms with Crippen LogP contribution < -0.4 is 0 Å². The van der Waals surface area contributed by atoms with Crippen molar-refractivity contribution in [2.75, 3.05) is 13.2 Å². The molecule has 0 saturated heterocycles. The Morgan fingerprint density at radius 1 is 0.311 bits per heavy atom. The van der Waals surface area contributed by atoms with Crippen LogP contribution in [0.5, 0.6) is 0 Å². The SMILES string of the molecule is CC/C=C\C/C=C\C/C=C\C/C=C\C/C=C\C/C=C\CCCCCCCCCCC(=O)OC(CO)COC(=O)CCCCCCCCCCCCCCCCCCC/C=C\C/C=C\C/C=C\C/C=C\C/C=C\CC. The van der Waals surface area contributed by atoms with E-state index >= 15 is 0 Å². The van der Waals surface area contributed by atoms with E-state index in [4.69, 9.17) is 9.47 Å². The average Bonchev–Trinajstić information content (AvgIpc) is 3.40. The van der Waals surface area contributed by atoms with Crippen LogP contribution in [0.25, 0.3) is 0 Å². The van der Waals surface area contributed by atoms with E-state index in [9.17, 15) is 14.7 Å². The second-order valence-electron chi connectivity index (χ2n) is 20.0. The Labute approximate surface area is 457 Å². The van der Waals surface area contributed by atoms with Crippen LogP contribution in [0.2, 0.25) is 0 Å². The molecule has 0 aromatic carbocycles. The number of esters is 2. The van der Waals surface area contributed by atoms with Gasteiger partial charge < -0.3 is 14.6 Å². The van der Waals surface area contributed by atoms with E-state index in [1.807, 2.05) is 0 Å². The maximum atomic E-state index is 12.3. The van der Waals surface area contributed by atoms with Crippen molar-refractivity contribution in [3.05, 3.63) is 134 Å². The van der Waals surface area contributed by atoms with Crippen LogP contribution in [0.15, 0.2) is 134 Å². The van der Waals surface area contributed by atoms with Crippen LogP contribution in [0.1, 0.15) is 271 Å². The van der Waals surface area contributed by atoms with Crippen molar-refractivity contribution in [2.45, 2.75) is 277 Å². The molecule has 0 aliphatic heterocycles. The normalized spacial score (nSPS) is 13.2. The topological polar surface area (TPSA) is 72.8 Å². The molecule has 0 aliphatic carbocycles. The van der Waals surface area contributed by atoms with Gasteiger partial charge in [-0.3, -0.25) is 9.59 Å². The molecule has 0 rings (SSSR count). The van der Waals surface area contributed by atoms with Crippen LogP contribution >= 0.6 is 0 Å². The van der Waals surface area contributed by atoms with E-state index in [0.29, 0.717) is 12.8 Å². The molecule has 0 aromatic heterocycles. The van der Waals surface area contributed by atoms with Gasteiger partial charge in [0.2, 0.25) is 0 Å². The largest absolute Gasteiger partial charge is 0.462 e. The highest BCUT2D eigenvalue weighted by Gasteiger charge is 2.16. The molecule has 0 fully saturated rings. The molecular formula is C69H114O5. The van der Waals surface area contributed by atoms with Gasteiger partial charge in [0.15, 0.2) is 6.10 Å². The van der Waals surface area contributed by atoms with Gasteiger partial charge in [-0.25, -0.2) is 0 Å². The first-order valence-corrected chi connectivity index (χ1v) is 30.7. The van der Waals surface area contributed by atoms with E-state index in [1.165, 1.54) is 128 Å². The van der Waals surface area contributed by atoms with E-state index in [0.717, 1.165) is 116 Å². The number of ether oxygens (including phenoxy) is 2. The maximum absolute atomic E-state index is 12.3. The van der Waals surface area contributed by atoms with Crippen LogP contribution in [0, 0.1) is 0 Å². The Morgan fingerprint density at radius 2 is 0.541 bits per heavy atom. The highest BCUT2D eigenvalue weighted by atomic mass is 16.6. The summed E-state index contributed by atoms with van der Waals surface area (Å²) in [5.74, 6) is -0.600. The Balaban J connectivity index is 3.52. The molecule has 1 unspecified atom stereocenters. The van der Waals surface area contributed by atoms with Gasteiger partial charge in [0.25, 0.3) is 0 Å². The van der Waals surface area contributed by atoms with Crippen molar-refractivity contribution < 1.29 is 24.2 Å². The summed E-state index contributed by atoms with van der Waals surface area (Å²) in [6.45, 7) is 3.92. The zero-order valence-electron chi connectivity index (χ0n) is 48.1. The highest BCUT2D eigenvalue weighted by molar-refractivity contribution is 5.70. The van der Waals surface area contributed by atoms with Gasteiger partial charge in [-0.2, -0.15) is 0 Å². The summed E-state index contributed by atoms with van der Waals surface area (Å²) in [6.07, 6.45) is 94.4. The average molecular weight is 1020 g/mol. The molecule has 420 valence electrons. The first-order valence-electron chi connectivity index (χ1n) is 30.7. The highest BCUT2D eigenvalue weighted by Crippen LogP contribution is 2.16. The Kier molecular flexibility index (Phi) is 59.9. The molecule has 5 nitrogen and oxygen atoms in total. The van der Waals surface area contributed by atoms with Crippen LogP contribution in [0.3, 0.4) is 0 Å². The second-order valence-corrected chi connectivity index (χ2v) is 20.0. The molecule has 0 saturated carbocycles. The number of hydrogen-bond donors (Lipinski definition) is 1. The van der Waals surface area contributed by atoms with Gasteiger partial charge in [0, 0.05) is 12.8 Å². The minimum atomic E-state index is -0.786. The van der Waals surface area contributed by atoms with Crippen molar-refractivity contribution >= 4 is 11.9 Å². The predicted octanol–water partition coefficient (Wildman–Crippen LogP) is 21.2. The first-order chi connectivity index (χ1) is 36.6. The third kappa shape index (κ3) is 60.6. The number of carbonyl (C=O) groups is 2. The van der Waals surface area contributed by atoms with Crippen molar-refractivity contribution in [1.82, 2.24) is 0 Å². The zero-order valence-corrected chi connectivity index (χ0v) is 48.1. The van der Waals surface area contributed by atoms with Crippen LogP contribution in [-0.4, -0.2) is 36.4 Å². The van der Waals surface area contributed by atoms with Crippen molar-refractivity contribution in [3.8, 4) is 0 Å². The van der Waals surface area contributed by atoms with Crippen molar-refractivity contribution in [1.29, 1.82) is 0 Å². The monoisotopic (exact) mass is 1020 g/mol. The fourth-order valence-electron chi connectivity index (χ4n) is 8.41. The molecule has 0 radical (unpaired) electrons. The lowest BCUT2D eigenvalue weighted by molar-refractivity contribution is -0.161. The lowest BCUT2D eigenvalue weighted by Crippen LogP contribution is -2.28. The third-order valence-corrected chi connectivity index (χ3v) is 12.9. The second kappa shape index (κ2) is 63.3. The molecule has 0 aliphatic rings. The minimum absolute atomic E-state index is 0.0748. The Morgan fingerprint density at radius 3 is 0.811 bits per heavy atom. The molecule has 0 heterocycles. The first kappa shape index (κ1) is 70.0. The number of aliphatic hydroxyl groups is 1. The molecule has 0 amide bonds. The fraction of sp³-hybridized carbons (Fsp3) is 0.652. The van der Waals surface area contributed by atoms with Gasteiger partial charge >= 0.3 is 11.9 Å². The van der Waals surface area contributed by atoms with E-state index < -0.39 is 6.10 Å². The number of aliphatic hydroxyl groups excluding tert-OH is 1. The summed E-state index contributed by atoms with van der Waals surface area (Å²) in [5.41, 5.74) is 0. The van der Waals surface area contributed by atoms with Crippen molar-refractivity contribution in [2.24, 2.45) is 0 Å².